The zero-order valence-corrected chi connectivity index (χ0v) is 17.1. The van der Waals surface area contributed by atoms with Gasteiger partial charge in [0.05, 0.1) is 11.1 Å². The Morgan fingerprint density at radius 2 is 1.59 bits per heavy atom. The van der Waals surface area contributed by atoms with Crippen LogP contribution in [0.25, 0.3) is 28.1 Å². The molecule has 29 heavy (non-hydrogen) atoms. The SMILES string of the molecule is Cc1ccccc1/C=C\C(=O)c1c(C)nc2ccccc2c1-c1ccc(Cl)cc1. The van der Waals surface area contributed by atoms with E-state index in [1.807, 2.05) is 92.7 Å². The van der Waals surface area contributed by atoms with E-state index in [0.717, 1.165) is 33.2 Å². The Bertz CT molecular complexity index is 1240. The number of carbonyl (C=O) groups excluding carboxylic acids is 1. The minimum atomic E-state index is -0.0612. The fourth-order valence-corrected chi connectivity index (χ4v) is 3.70. The zero-order chi connectivity index (χ0) is 20.4. The van der Waals surface area contributed by atoms with Crippen molar-refractivity contribution in [3.05, 3.63) is 106 Å². The molecule has 0 saturated heterocycles. The van der Waals surface area contributed by atoms with Gasteiger partial charge in [0.15, 0.2) is 5.78 Å². The lowest BCUT2D eigenvalue weighted by atomic mass is 9.92. The number of pyridine rings is 1. The molecule has 0 atom stereocenters. The van der Waals surface area contributed by atoms with Crippen LogP contribution in [-0.2, 0) is 0 Å². The molecular formula is C26H20ClNO. The average molecular weight is 398 g/mol. The van der Waals surface area contributed by atoms with Crippen molar-refractivity contribution in [2.45, 2.75) is 13.8 Å². The number of aryl methyl sites for hydroxylation is 2. The monoisotopic (exact) mass is 397 g/mol. The Morgan fingerprint density at radius 3 is 2.34 bits per heavy atom. The first kappa shape index (κ1) is 19.1. The highest BCUT2D eigenvalue weighted by atomic mass is 35.5. The highest BCUT2D eigenvalue weighted by molar-refractivity contribution is 6.30. The fourth-order valence-electron chi connectivity index (χ4n) is 3.58. The normalized spacial score (nSPS) is 11.3. The maximum Gasteiger partial charge on any atom is 0.188 e. The minimum Gasteiger partial charge on any atom is -0.289 e. The predicted octanol–water partition coefficient (Wildman–Crippen LogP) is 7.07. The Balaban J connectivity index is 1.90. The van der Waals surface area contributed by atoms with Gasteiger partial charge in [0.2, 0.25) is 0 Å². The van der Waals surface area contributed by atoms with Crippen LogP contribution in [0.2, 0.25) is 5.02 Å². The van der Waals surface area contributed by atoms with Crippen LogP contribution < -0.4 is 0 Å². The molecule has 0 aliphatic rings. The van der Waals surface area contributed by atoms with Crippen LogP contribution in [0.3, 0.4) is 0 Å². The number of benzene rings is 3. The summed E-state index contributed by atoms with van der Waals surface area (Å²) in [6.45, 7) is 3.92. The number of rotatable bonds is 4. The number of para-hydroxylation sites is 1. The van der Waals surface area contributed by atoms with Gasteiger partial charge < -0.3 is 0 Å². The van der Waals surface area contributed by atoms with Crippen molar-refractivity contribution in [1.82, 2.24) is 4.98 Å². The average Bonchev–Trinajstić information content (AvgIpc) is 2.72. The van der Waals surface area contributed by atoms with Crippen molar-refractivity contribution in [2.75, 3.05) is 0 Å². The number of carbonyl (C=O) groups is 1. The summed E-state index contributed by atoms with van der Waals surface area (Å²) in [6.07, 6.45) is 3.51. The van der Waals surface area contributed by atoms with Crippen LogP contribution in [-0.4, -0.2) is 10.8 Å². The Kier molecular flexibility index (Phi) is 5.28. The molecule has 0 radical (unpaired) electrons. The van der Waals surface area contributed by atoms with Crippen molar-refractivity contribution in [3.8, 4) is 11.1 Å². The fraction of sp³-hybridized carbons (Fsp3) is 0.0769. The number of nitrogens with zero attached hydrogens (tertiary/aromatic N) is 1. The predicted molar refractivity (Wildman–Crippen MR) is 121 cm³/mol. The number of allylic oxidation sites excluding steroid dienone is 1. The van der Waals surface area contributed by atoms with E-state index in [4.69, 9.17) is 16.6 Å². The molecule has 0 aliphatic heterocycles. The van der Waals surface area contributed by atoms with Crippen molar-refractivity contribution in [3.63, 3.8) is 0 Å². The third kappa shape index (κ3) is 3.85. The summed E-state index contributed by atoms with van der Waals surface area (Å²) >= 11 is 6.09. The Hall–Kier alpha value is -3.23. The standard InChI is InChI=1S/C26H20ClNO/c1-17-7-3-4-8-19(17)13-16-24(29)25-18(2)28-23-10-6-5-9-22(23)26(25)20-11-14-21(27)15-12-20/h3-16H,1-2H3/b16-13-. The number of aromatic nitrogens is 1. The molecule has 1 heterocycles. The van der Waals surface area contributed by atoms with Crippen molar-refractivity contribution >= 4 is 34.4 Å². The summed E-state index contributed by atoms with van der Waals surface area (Å²) in [5.74, 6) is -0.0612. The van der Waals surface area contributed by atoms with E-state index in [1.165, 1.54) is 0 Å². The highest BCUT2D eigenvalue weighted by Crippen LogP contribution is 2.34. The van der Waals surface area contributed by atoms with E-state index in [1.54, 1.807) is 6.08 Å². The van der Waals surface area contributed by atoms with Gasteiger partial charge in [-0.15, -0.1) is 0 Å². The molecule has 0 bridgehead atoms. The van der Waals surface area contributed by atoms with E-state index in [-0.39, 0.29) is 5.78 Å². The molecule has 0 spiro atoms. The largest absolute Gasteiger partial charge is 0.289 e. The lowest BCUT2D eigenvalue weighted by Gasteiger charge is -2.14. The van der Waals surface area contributed by atoms with Crippen LogP contribution in [0.5, 0.6) is 0 Å². The number of hydrogen-bond donors (Lipinski definition) is 0. The van der Waals surface area contributed by atoms with Gasteiger partial charge in [-0.1, -0.05) is 72.3 Å². The summed E-state index contributed by atoms with van der Waals surface area (Å²) in [4.78, 5) is 18.0. The van der Waals surface area contributed by atoms with E-state index in [0.29, 0.717) is 16.3 Å². The third-order valence-electron chi connectivity index (χ3n) is 5.06. The van der Waals surface area contributed by atoms with Gasteiger partial charge in [0, 0.05) is 21.7 Å². The zero-order valence-electron chi connectivity index (χ0n) is 16.3. The molecular weight excluding hydrogens is 378 g/mol. The topological polar surface area (TPSA) is 30.0 Å². The first-order chi connectivity index (χ1) is 14.0. The first-order valence-electron chi connectivity index (χ1n) is 9.48. The smallest absolute Gasteiger partial charge is 0.188 e. The van der Waals surface area contributed by atoms with Crippen molar-refractivity contribution in [1.29, 1.82) is 0 Å². The van der Waals surface area contributed by atoms with Gasteiger partial charge in [-0.05, 0) is 54.8 Å². The van der Waals surface area contributed by atoms with E-state index in [2.05, 4.69) is 0 Å². The molecule has 0 N–H and O–H groups in total. The second-order valence-electron chi connectivity index (χ2n) is 7.03. The van der Waals surface area contributed by atoms with Crippen LogP contribution >= 0.6 is 11.6 Å². The van der Waals surface area contributed by atoms with Gasteiger partial charge in [-0.25, -0.2) is 0 Å². The summed E-state index contributed by atoms with van der Waals surface area (Å²) in [7, 11) is 0. The highest BCUT2D eigenvalue weighted by Gasteiger charge is 2.18. The first-order valence-corrected chi connectivity index (χ1v) is 9.86. The summed E-state index contributed by atoms with van der Waals surface area (Å²) in [6, 6.07) is 23.5. The maximum absolute atomic E-state index is 13.3. The van der Waals surface area contributed by atoms with E-state index in [9.17, 15) is 4.79 Å². The van der Waals surface area contributed by atoms with E-state index < -0.39 is 0 Å². The number of ketones is 1. The van der Waals surface area contributed by atoms with Gasteiger partial charge in [-0.3, -0.25) is 9.78 Å². The second-order valence-corrected chi connectivity index (χ2v) is 7.46. The molecule has 0 saturated carbocycles. The van der Waals surface area contributed by atoms with Crippen molar-refractivity contribution in [2.24, 2.45) is 0 Å². The van der Waals surface area contributed by atoms with Crippen LogP contribution in [0.1, 0.15) is 27.2 Å². The van der Waals surface area contributed by atoms with Crippen LogP contribution in [0.15, 0.2) is 78.9 Å². The van der Waals surface area contributed by atoms with Gasteiger partial charge in [-0.2, -0.15) is 0 Å². The number of hydrogen-bond acceptors (Lipinski definition) is 2. The minimum absolute atomic E-state index is 0.0612. The summed E-state index contributed by atoms with van der Waals surface area (Å²) in [5, 5.41) is 1.62. The van der Waals surface area contributed by atoms with Gasteiger partial charge >= 0.3 is 0 Å². The van der Waals surface area contributed by atoms with E-state index >= 15 is 0 Å². The number of fused-ring (bicyclic) bond motifs is 1. The van der Waals surface area contributed by atoms with Gasteiger partial charge in [0.25, 0.3) is 0 Å². The quantitative estimate of drug-likeness (QED) is 0.272. The third-order valence-corrected chi connectivity index (χ3v) is 5.31. The molecule has 0 unspecified atom stereocenters. The Morgan fingerprint density at radius 1 is 0.897 bits per heavy atom. The molecule has 0 amide bonds. The molecule has 2 nitrogen and oxygen atoms in total. The molecule has 3 heteroatoms. The molecule has 3 aromatic carbocycles. The molecule has 142 valence electrons. The molecule has 4 aromatic rings. The molecule has 0 aliphatic carbocycles. The lowest BCUT2D eigenvalue weighted by Crippen LogP contribution is -2.05. The maximum atomic E-state index is 13.3. The molecule has 0 fully saturated rings. The summed E-state index contributed by atoms with van der Waals surface area (Å²) in [5.41, 5.74) is 6.20. The molecule has 4 rings (SSSR count). The Labute approximate surface area is 175 Å². The van der Waals surface area contributed by atoms with Crippen LogP contribution in [0.4, 0.5) is 0 Å². The summed E-state index contributed by atoms with van der Waals surface area (Å²) < 4.78 is 0. The lowest BCUT2D eigenvalue weighted by molar-refractivity contribution is 0.104. The van der Waals surface area contributed by atoms with Crippen LogP contribution in [0, 0.1) is 13.8 Å². The van der Waals surface area contributed by atoms with Crippen molar-refractivity contribution < 1.29 is 4.79 Å². The number of halogens is 1. The molecule has 1 aromatic heterocycles. The second kappa shape index (κ2) is 8.02. The van der Waals surface area contributed by atoms with Gasteiger partial charge in [0.1, 0.15) is 0 Å².